The lowest BCUT2D eigenvalue weighted by molar-refractivity contribution is 0.0571. The van der Waals surface area contributed by atoms with Gasteiger partial charge in [0.15, 0.2) is 0 Å². The van der Waals surface area contributed by atoms with Gasteiger partial charge in [0, 0.05) is 44.5 Å². The molecule has 0 aromatic carbocycles. The average molecular weight is 395 g/mol. The summed E-state index contributed by atoms with van der Waals surface area (Å²) in [5.41, 5.74) is -0.281. The van der Waals surface area contributed by atoms with E-state index in [1.807, 2.05) is 13.8 Å². The van der Waals surface area contributed by atoms with E-state index in [2.05, 4.69) is 26.4 Å². The van der Waals surface area contributed by atoms with Crippen molar-refractivity contribution >= 4 is 33.2 Å². The van der Waals surface area contributed by atoms with Gasteiger partial charge in [-0.25, -0.2) is 18.1 Å². The minimum absolute atomic E-state index is 0.0171. The van der Waals surface area contributed by atoms with Crippen molar-refractivity contribution in [3.63, 3.8) is 0 Å². The minimum Gasteiger partial charge on any atom is -0.301 e. The van der Waals surface area contributed by atoms with Gasteiger partial charge >= 0.3 is 0 Å². The van der Waals surface area contributed by atoms with Crippen LogP contribution in [0.25, 0.3) is 0 Å². The number of likely N-dealkylation sites (N-methyl/N-ethyl adjacent to an activating group) is 1. The fourth-order valence-electron chi connectivity index (χ4n) is 2.69. The molecule has 9 heteroatoms. The Bertz CT molecular complexity index is 674. The van der Waals surface area contributed by atoms with Crippen molar-refractivity contribution in [1.29, 1.82) is 0 Å². The van der Waals surface area contributed by atoms with Crippen LogP contribution in [0.2, 0.25) is 10.2 Å². The van der Waals surface area contributed by atoms with Gasteiger partial charge in [-0.3, -0.25) is 4.90 Å². The molecule has 0 aliphatic carbocycles. The number of rotatable bonds is 6. The Labute approximate surface area is 154 Å². The van der Waals surface area contributed by atoms with E-state index >= 15 is 0 Å². The van der Waals surface area contributed by atoms with E-state index in [1.54, 1.807) is 0 Å². The van der Waals surface area contributed by atoms with Gasteiger partial charge in [-0.1, -0.05) is 30.1 Å². The van der Waals surface area contributed by atoms with E-state index in [4.69, 9.17) is 23.2 Å². The minimum atomic E-state index is -3.68. The molecule has 1 aromatic heterocycles. The lowest BCUT2D eigenvalue weighted by Crippen LogP contribution is -2.58. The number of sulfonamides is 1. The normalized spacial score (nSPS) is 18.0. The third-order valence-electron chi connectivity index (χ3n) is 4.45. The maximum atomic E-state index is 12.4. The monoisotopic (exact) mass is 394 g/mol. The second-order valence-electron chi connectivity index (χ2n) is 6.50. The second kappa shape index (κ2) is 7.85. The molecule has 2 rings (SSSR count). The first kappa shape index (κ1) is 19.9. The van der Waals surface area contributed by atoms with Gasteiger partial charge in [0.25, 0.3) is 0 Å². The number of piperazine rings is 1. The maximum Gasteiger partial charge on any atom is 0.242 e. The molecular weight excluding hydrogens is 371 g/mol. The van der Waals surface area contributed by atoms with E-state index in [9.17, 15) is 8.42 Å². The Kier molecular flexibility index (Phi) is 6.50. The van der Waals surface area contributed by atoms with Crippen LogP contribution in [0.1, 0.15) is 20.8 Å². The van der Waals surface area contributed by atoms with E-state index in [0.717, 1.165) is 32.7 Å². The molecule has 1 N–H and O–H groups in total. The highest BCUT2D eigenvalue weighted by Crippen LogP contribution is 2.23. The Morgan fingerprint density at radius 3 is 2.42 bits per heavy atom. The zero-order chi connectivity index (χ0) is 18.0. The van der Waals surface area contributed by atoms with Crippen LogP contribution in [0.4, 0.5) is 0 Å². The van der Waals surface area contributed by atoms with Crippen molar-refractivity contribution in [2.24, 2.45) is 0 Å². The summed E-state index contributed by atoms with van der Waals surface area (Å²) in [6, 6.07) is 1.31. The molecule has 1 aromatic rings. The van der Waals surface area contributed by atoms with Crippen molar-refractivity contribution in [3.8, 4) is 0 Å². The quantitative estimate of drug-likeness (QED) is 0.748. The lowest BCUT2D eigenvalue weighted by atomic mass is 10.0. The summed E-state index contributed by atoms with van der Waals surface area (Å²) >= 11 is 11.6. The molecule has 0 radical (unpaired) electrons. The topological polar surface area (TPSA) is 65.5 Å². The van der Waals surface area contributed by atoms with Gasteiger partial charge in [0.1, 0.15) is 10.0 Å². The van der Waals surface area contributed by atoms with Gasteiger partial charge in [0.05, 0.1) is 5.02 Å². The summed E-state index contributed by atoms with van der Waals surface area (Å²) in [5, 5.41) is 0.208. The number of aromatic nitrogens is 1. The smallest absolute Gasteiger partial charge is 0.242 e. The van der Waals surface area contributed by atoms with Gasteiger partial charge in [-0.05, 0) is 26.5 Å². The SMILES string of the molecule is CCN1CCN(C(C)(C)CNS(=O)(=O)c2cnc(Cl)c(Cl)c2)CC1. The third kappa shape index (κ3) is 4.80. The molecule has 0 amide bonds. The van der Waals surface area contributed by atoms with Gasteiger partial charge in [-0.2, -0.15) is 0 Å². The van der Waals surface area contributed by atoms with Crippen LogP contribution in [-0.4, -0.2) is 68.0 Å². The fraction of sp³-hybridized carbons (Fsp3) is 0.667. The Morgan fingerprint density at radius 2 is 1.88 bits per heavy atom. The number of nitrogens with one attached hydrogen (secondary N) is 1. The molecule has 0 unspecified atom stereocenters. The number of halogens is 2. The molecule has 0 atom stereocenters. The molecule has 0 spiro atoms. The zero-order valence-corrected chi connectivity index (χ0v) is 16.5. The summed E-state index contributed by atoms with van der Waals surface area (Å²) in [6.07, 6.45) is 1.21. The highest BCUT2D eigenvalue weighted by atomic mass is 35.5. The van der Waals surface area contributed by atoms with Crippen molar-refractivity contribution in [3.05, 3.63) is 22.4 Å². The molecule has 24 heavy (non-hydrogen) atoms. The molecule has 0 bridgehead atoms. The molecule has 136 valence electrons. The number of pyridine rings is 1. The van der Waals surface area contributed by atoms with Gasteiger partial charge < -0.3 is 4.90 Å². The molecule has 1 aliphatic heterocycles. The maximum absolute atomic E-state index is 12.4. The summed E-state index contributed by atoms with van der Waals surface area (Å²) in [4.78, 5) is 8.51. The van der Waals surface area contributed by atoms with E-state index < -0.39 is 10.0 Å². The van der Waals surface area contributed by atoms with Gasteiger partial charge in [0.2, 0.25) is 10.0 Å². The third-order valence-corrected chi connectivity index (χ3v) is 6.51. The van der Waals surface area contributed by atoms with Crippen LogP contribution >= 0.6 is 23.2 Å². The number of hydrogen-bond donors (Lipinski definition) is 1. The van der Waals surface area contributed by atoms with Crippen LogP contribution in [0.3, 0.4) is 0 Å². The van der Waals surface area contributed by atoms with Crippen molar-refractivity contribution in [2.75, 3.05) is 39.3 Å². The Balaban J connectivity index is 2.01. The van der Waals surface area contributed by atoms with Gasteiger partial charge in [-0.15, -0.1) is 0 Å². The fourth-order valence-corrected chi connectivity index (χ4v) is 4.20. The first-order chi connectivity index (χ1) is 11.2. The molecule has 1 aliphatic rings. The highest BCUT2D eigenvalue weighted by molar-refractivity contribution is 7.89. The van der Waals surface area contributed by atoms with Crippen LogP contribution in [-0.2, 0) is 10.0 Å². The number of nitrogens with zero attached hydrogens (tertiary/aromatic N) is 3. The van der Waals surface area contributed by atoms with E-state index in [-0.39, 0.29) is 20.6 Å². The lowest BCUT2D eigenvalue weighted by Gasteiger charge is -2.44. The van der Waals surface area contributed by atoms with Crippen molar-refractivity contribution in [1.82, 2.24) is 19.5 Å². The Morgan fingerprint density at radius 1 is 1.25 bits per heavy atom. The van der Waals surface area contributed by atoms with E-state index in [0.29, 0.717) is 6.54 Å². The summed E-state index contributed by atoms with van der Waals surface area (Å²) in [6.45, 7) is 11.5. The molecular formula is C15H24Cl2N4O2S. The molecule has 6 nitrogen and oxygen atoms in total. The predicted molar refractivity (Wildman–Crippen MR) is 97.2 cm³/mol. The summed E-state index contributed by atoms with van der Waals surface area (Å²) in [7, 11) is -3.68. The van der Waals surface area contributed by atoms with Crippen LogP contribution < -0.4 is 4.72 Å². The average Bonchev–Trinajstić information content (AvgIpc) is 2.55. The first-order valence-corrected chi connectivity index (χ1v) is 10.2. The molecule has 1 fully saturated rings. The van der Waals surface area contributed by atoms with Crippen molar-refractivity contribution < 1.29 is 8.42 Å². The van der Waals surface area contributed by atoms with Crippen molar-refractivity contribution in [2.45, 2.75) is 31.2 Å². The van der Waals surface area contributed by atoms with Crippen LogP contribution in [0, 0.1) is 0 Å². The molecule has 2 heterocycles. The van der Waals surface area contributed by atoms with Crippen LogP contribution in [0.15, 0.2) is 17.2 Å². The largest absolute Gasteiger partial charge is 0.301 e. The first-order valence-electron chi connectivity index (χ1n) is 7.94. The summed E-state index contributed by atoms with van der Waals surface area (Å²) < 4.78 is 27.5. The summed E-state index contributed by atoms with van der Waals surface area (Å²) in [5.74, 6) is 0. The standard InChI is InChI=1S/C15H24Cl2N4O2S/c1-4-20-5-7-21(8-6-20)15(2,3)11-19-24(22,23)12-9-13(16)14(17)18-10-12/h9-10,19H,4-8,11H2,1-3H3. The van der Waals surface area contributed by atoms with Crippen LogP contribution in [0.5, 0.6) is 0 Å². The predicted octanol–water partition coefficient (Wildman–Crippen LogP) is 2.08. The molecule has 1 saturated heterocycles. The Hall–Kier alpha value is -0.440. The zero-order valence-electron chi connectivity index (χ0n) is 14.2. The number of hydrogen-bond acceptors (Lipinski definition) is 5. The second-order valence-corrected chi connectivity index (χ2v) is 9.03. The highest BCUT2D eigenvalue weighted by Gasteiger charge is 2.31. The molecule has 0 saturated carbocycles. The van der Waals surface area contributed by atoms with E-state index in [1.165, 1.54) is 12.3 Å².